The highest BCUT2D eigenvalue weighted by atomic mass is 35.5. The number of halogens is 2. The van der Waals surface area contributed by atoms with Crippen LogP contribution in [0, 0.1) is 0 Å². The molecule has 5 rings (SSSR count). The van der Waals surface area contributed by atoms with E-state index in [0.717, 1.165) is 47.3 Å². The molecule has 2 atom stereocenters. The number of carbonyl (C=O) groups is 1. The van der Waals surface area contributed by atoms with Crippen molar-refractivity contribution in [2.24, 2.45) is 7.05 Å². The summed E-state index contributed by atoms with van der Waals surface area (Å²) < 4.78 is 1.89. The molecule has 174 valence electrons. The maximum atomic E-state index is 13.9. The van der Waals surface area contributed by atoms with Gasteiger partial charge in [-0.1, -0.05) is 37.0 Å². The molecule has 0 radical (unpaired) electrons. The predicted octanol–water partition coefficient (Wildman–Crippen LogP) is 6.27. The first-order valence-electron chi connectivity index (χ1n) is 11.5. The highest BCUT2D eigenvalue weighted by Crippen LogP contribution is 2.42. The summed E-state index contributed by atoms with van der Waals surface area (Å²) in [6.45, 7) is 4.23. The molecule has 2 unspecified atom stereocenters. The van der Waals surface area contributed by atoms with Gasteiger partial charge in [-0.15, -0.1) is 0 Å². The van der Waals surface area contributed by atoms with Crippen LogP contribution in [0.15, 0.2) is 48.8 Å². The molecule has 0 saturated heterocycles. The number of nitrogens with zero attached hydrogens (tertiary/aromatic N) is 5. The Balaban J connectivity index is 1.60. The van der Waals surface area contributed by atoms with E-state index in [4.69, 9.17) is 28.3 Å². The van der Waals surface area contributed by atoms with Crippen LogP contribution in [0.2, 0.25) is 10.0 Å². The molecule has 34 heavy (non-hydrogen) atoms. The Kier molecular flexibility index (Phi) is 6.04. The third-order valence-electron chi connectivity index (χ3n) is 6.61. The van der Waals surface area contributed by atoms with Crippen LogP contribution in [-0.2, 0) is 13.5 Å². The number of hydrogen-bond donors (Lipinski definition) is 0. The summed E-state index contributed by atoms with van der Waals surface area (Å²) in [4.78, 5) is 24.6. The van der Waals surface area contributed by atoms with E-state index in [0.29, 0.717) is 21.1 Å². The third-order valence-corrected chi connectivity index (χ3v) is 7.04. The van der Waals surface area contributed by atoms with Crippen LogP contribution in [-0.4, -0.2) is 36.6 Å². The van der Waals surface area contributed by atoms with Gasteiger partial charge in [-0.3, -0.25) is 19.4 Å². The molecule has 0 saturated carbocycles. The van der Waals surface area contributed by atoms with E-state index >= 15 is 0 Å². The van der Waals surface area contributed by atoms with Crippen molar-refractivity contribution in [1.82, 2.24) is 24.6 Å². The lowest BCUT2D eigenvalue weighted by Gasteiger charge is -2.41. The molecule has 8 heteroatoms. The van der Waals surface area contributed by atoms with Crippen LogP contribution in [0.25, 0.3) is 22.3 Å². The van der Waals surface area contributed by atoms with Crippen molar-refractivity contribution in [3.8, 4) is 11.3 Å². The first-order chi connectivity index (χ1) is 16.4. The Hall–Kier alpha value is -2.96. The lowest BCUT2D eigenvalue weighted by molar-refractivity contribution is 0.0513. The number of fused-ring (bicyclic) bond motifs is 2. The topological polar surface area (TPSA) is 63.9 Å². The first-order valence-corrected chi connectivity index (χ1v) is 12.2. The van der Waals surface area contributed by atoms with Gasteiger partial charge in [0, 0.05) is 52.2 Å². The molecular formula is C26H25Cl2N5O. The summed E-state index contributed by atoms with van der Waals surface area (Å²) in [5.74, 6) is -0.00472. The fourth-order valence-corrected chi connectivity index (χ4v) is 5.64. The highest BCUT2D eigenvalue weighted by Gasteiger charge is 2.40. The molecule has 1 aliphatic rings. The monoisotopic (exact) mass is 493 g/mol. The number of aryl methyl sites for hydroxylation is 1. The number of hydrogen-bond acceptors (Lipinski definition) is 4. The number of rotatable bonds is 4. The van der Waals surface area contributed by atoms with Crippen molar-refractivity contribution in [2.45, 2.75) is 45.2 Å². The summed E-state index contributed by atoms with van der Waals surface area (Å²) in [6, 6.07) is 11.0. The molecule has 4 aromatic rings. The van der Waals surface area contributed by atoms with Gasteiger partial charge in [0.2, 0.25) is 0 Å². The third kappa shape index (κ3) is 3.85. The standard InChI is InChI=1S/C26H25Cl2N5O/c1-4-19-14-20-24(31-32(3)25(20)16-10-17(27)13-18(28)11-16)23(5-2)33(19)26(34)15-6-7-21-22(12-15)30-9-8-29-21/h6-13,19,23H,4-5,14H2,1-3H3. The number of amides is 1. The van der Waals surface area contributed by atoms with E-state index in [2.05, 4.69) is 23.8 Å². The van der Waals surface area contributed by atoms with Gasteiger partial charge in [0.25, 0.3) is 5.91 Å². The Morgan fingerprint density at radius 3 is 2.38 bits per heavy atom. The second kappa shape index (κ2) is 9.01. The SMILES string of the molecule is CCC1Cc2c(nn(C)c2-c2cc(Cl)cc(Cl)c2)C(CC)N1C(=O)c1ccc2nccnc2c1. The van der Waals surface area contributed by atoms with Gasteiger partial charge < -0.3 is 4.90 Å². The summed E-state index contributed by atoms with van der Waals surface area (Å²) in [6.07, 6.45) is 5.61. The van der Waals surface area contributed by atoms with Crippen molar-refractivity contribution in [2.75, 3.05) is 0 Å². The number of benzene rings is 2. The van der Waals surface area contributed by atoms with E-state index in [1.165, 1.54) is 0 Å². The first kappa shape index (κ1) is 22.8. The van der Waals surface area contributed by atoms with Crippen LogP contribution in [0.4, 0.5) is 0 Å². The maximum Gasteiger partial charge on any atom is 0.254 e. The zero-order valence-electron chi connectivity index (χ0n) is 19.3. The fourth-order valence-electron chi connectivity index (χ4n) is 5.11. The van der Waals surface area contributed by atoms with E-state index in [9.17, 15) is 4.79 Å². The lowest BCUT2D eigenvalue weighted by Crippen LogP contribution is -2.47. The number of carbonyl (C=O) groups excluding carboxylic acids is 1. The fraction of sp³-hybridized carbons (Fsp3) is 0.308. The van der Waals surface area contributed by atoms with Gasteiger partial charge in [0.1, 0.15) is 0 Å². The van der Waals surface area contributed by atoms with Crippen LogP contribution in [0.5, 0.6) is 0 Å². The van der Waals surface area contributed by atoms with E-state index in [1.54, 1.807) is 18.5 Å². The van der Waals surface area contributed by atoms with E-state index in [-0.39, 0.29) is 18.0 Å². The van der Waals surface area contributed by atoms with Crippen molar-refractivity contribution >= 4 is 40.1 Å². The average Bonchev–Trinajstić information content (AvgIpc) is 3.16. The summed E-state index contributed by atoms with van der Waals surface area (Å²) >= 11 is 12.6. The Morgan fingerprint density at radius 1 is 1.00 bits per heavy atom. The van der Waals surface area contributed by atoms with Crippen LogP contribution in [0.3, 0.4) is 0 Å². The molecule has 0 aliphatic carbocycles. The van der Waals surface area contributed by atoms with Crippen molar-refractivity contribution in [3.63, 3.8) is 0 Å². The summed E-state index contributed by atoms with van der Waals surface area (Å²) in [7, 11) is 1.93. The molecule has 0 spiro atoms. The smallest absolute Gasteiger partial charge is 0.254 e. The molecule has 0 bridgehead atoms. The molecule has 2 aromatic carbocycles. The Bertz CT molecular complexity index is 1380. The second-order valence-electron chi connectivity index (χ2n) is 8.66. The highest BCUT2D eigenvalue weighted by molar-refractivity contribution is 6.35. The zero-order valence-corrected chi connectivity index (χ0v) is 20.8. The Morgan fingerprint density at radius 2 is 1.71 bits per heavy atom. The van der Waals surface area contributed by atoms with E-state index < -0.39 is 0 Å². The quantitative estimate of drug-likeness (QED) is 0.336. The number of aromatic nitrogens is 4. The minimum Gasteiger partial charge on any atom is -0.327 e. The van der Waals surface area contributed by atoms with E-state index in [1.807, 2.05) is 47.0 Å². The Labute approximate surface area is 208 Å². The largest absolute Gasteiger partial charge is 0.327 e. The minimum absolute atomic E-state index is 0.00472. The molecule has 0 N–H and O–H groups in total. The van der Waals surface area contributed by atoms with Gasteiger partial charge in [0.05, 0.1) is 28.5 Å². The lowest BCUT2D eigenvalue weighted by atomic mass is 9.87. The normalized spacial score (nSPS) is 17.7. The van der Waals surface area contributed by atoms with Crippen molar-refractivity contribution in [1.29, 1.82) is 0 Å². The van der Waals surface area contributed by atoms with Gasteiger partial charge in [-0.2, -0.15) is 5.10 Å². The molecule has 0 fully saturated rings. The molecular weight excluding hydrogens is 469 g/mol. The van der Waals surface area contributed by atoms with Gasteiger partial charge in [0.15, 0.2) is 0 Å². The minimum atomic E-state index is -0.131. The molecule has 1 amide bonds. The van der Waals surface area contributed by atoms with Crippen LogP contribution >= 0.6 is 23.2 Å². The maximum absolute atomic E-state index is 13.9. The molecule has 1 aliphatic heterocycles. The molecule has 6 nitrogen and oxygen atoms in total. The van der Waals surface area contributed by atoms with Gasteiger partial charge in [-0.05, 0) is 55.7 Å². The van der Waals surface area contributed by atoms with Crippen molar-refractivity contribution < 1.29 is 4.79 Å². The molecule has 3 heterocycles. The van der Waals surface area contributed by atoms with Gasteiger partial charge >= 0.3 is 0 Å². The predicted molar refractivity (Wildman–Crippen MR) is 135 cm³/mol. The van der Waals surface area contributed by atoms with Gasteiger partial charge in [-0.25, -0.2) is 0 Å². The zero-order chi connectivity index (χ0) is 24.0. The van der Waals surface area contributed by atoms with Crippen LogP contribution in [0.1, 0.15) is 54.3 Å². The van der Waals surface area contributed by atoms with Crippen molar-refractivity contribution in [3.05, 3.63) is 75.7 Å². The average molecular weight is 494 g/mol. The summed E-state index contributed by atoms with van der Waals surface area (Å²) in [5.41, 5.74) is 6.14. The molecule has 2 aromatic heterocycles. The second-order valence-corrected chi connectivity index (χ2v) is 9.53. The summed E-state index contributed by atoms with van der Waals surface area (Å²) in [5, 5.41) is 6.07. The van der Waals surface area contributed by atoms with Crippen LogP contribution < -0.4 is 0 Å².